The normalized spacial score (nSPS) is 17.1. The fraction of sp³-hybridized carbons (Fsp3) is 0.455. The molecule has 190 valence electrons. The summed E-state index contributed by atoms with van der Waals surface area (Å²) < 4.78 is 81.5. The lowest BCUT2D eigenvalue weighted by Gasteiger charge is -2.36. The molecule has 2 aromatic rings. The number of benzene rings is 1. The number of pyridine rings is 1. The second kappa shape index (κ2) is 10.0. The maximum Gasteiger partial charge on any atom is 0.417 e. The summed E-state index contributed by atoms with van der Waals surface area (Å²) in [5, 5.41) is 0. The third-order valence-electron chi connectivity index (χ3n) is 6.03. The molecule has 35 heavy (non-hydrogen) atoms. The van der Waals surface area contributed by atoms with Crippen LogP contribution in [0, 0.1) is 11.7 Å². The minimum atomic E-state index is -4.79. The van der Waals surface area contributed by atoms with Gasteiger partial charge in [0.2, 0.25) is 10.0 Å². The van der Waals surface area contributed by atoms with Gasteiger partial charge in [-0.3, -0.25) is 4.79 Å². The number of aromatic nitrogens is 1. The highest BCUT2D eigenvalue weighted by molar-refractivity contribution is 9.10. The number of nitrogens with zero attached hydrogens (tertiary/aromatic N) is 3. The van der Waals surface area contributed by atoms with Gasteiger partial charge in [-0.15, -0.1) is 0 Å². The Labute approximate surface area is 208 Å². The van der Waals surface area contributed by atoms with Gasteiger partial charge in [0.25, 0.3) is 5.91 Å². The number of carbonyl (C=O) groups is 1. The molecule has 1 amide bonds. The molecule has 7 nitrogen and oxygen atoms in total. The molecule has 0 spiro atoms. The zero-order valence-electron chi connectivity index (χ0n) is 18.5. The summed E-state index contributed by atoms with van der Waals surface area (Å²) in [7, 11) is -3.70. The van der Waals surface area contributed by atoms with Gasteiger partial charge >= 0.3 is 6.18 Å². The van der Waals surface area contributed by atoms with Crippen LogP contribution in [0.3, 0.4) is 0 Å². The second-order valence-electron chi connectivity index (χ2n) is 8.57. The molecule has 1 aliphatic heterocycles. The second-order valence-corrected chi connectivity index (χ2v) is 11.2. The van der Waals surface area contributed by atoms with Crippen molar-refractivity contribution >= 4 is 37.7 Å². The van der Waals surface area contributed by atoms with Gasteiger partial charge in [0.1, 0.15) is 16.5 Å². The van der Waals surface area contributed by atoms with Crippen molar-refractivity contribution in [2.24, 2.45) is 5.92 Å². The first-order valence-corrected chi connectivity index (χ1v) is 13.3. The zero-order valence-corrected chi connectivity index (χ0v) is 20.9. The highest BCUT2D eigenvalue weighted by Gasteiger charge is 2.37. The van der Waals surface area contributed by atoms with Crippen molar-refractivity contribution in [2.45, 2.75) is 30.3 Å². The number of carbonyl (C=O) groups excluding carboxylic acids is 1. The van der Waals surface area contributed by atoms with Crippen LogP contribution in [0.4, 0.5) is 23.4 Å². The first-order chi connectivity index (χ1) is 16.5. The van der Waals surface area contributed by atoms with Crippen molar-refractivity contribution in [3.63, 3.8) is 0 Å². The van der Waals surface area contributed by atoms with E-state index in [1.54, 1.807) is 4.90 Å². The number of halogens is 5. The van der Waals surface area contributed by atoms with Crippen molar-refractivity contribution in [1.82, 2.24) is 14.6 Å². The van der Waals surface area contributed by atoms with E-state index in [1.807, 2.05) is 0 Å². The van der Waals surface area contributed by atoms with Crippen LogP contribution in [0.1, 0.15) is 35.2 Å². The Bertz CT molecular complexity index is 1210. The van der Waals surface area contributed by atoms with Crippen LogP contribution in [0.15, 0.2) is 39.8 Å². The van der Waals surface area contributed by atoms with Gasteiger partial charge in [-0.25, -0.2) is 22.5 Å². The molecule has 1 aromatic heterocycles. The first kappa shape index (κ1) is 25.8. The molecule has 4 rings (SSSR count). The predicted molar refractivity (Wildman–Crippen MR) is 124 cm³/mol. The molecule has 0 radical (unpaired) electrons. The van der Waals surface area contributed by atoms with Gasteiger partial charge in [0.15, 0.2) is 0 Å². The summed E-state index contributed by atoms with van der Waals surface area (Å²) in [5.74, 6) is -0.778. The Kier molecular flexibility index (Phi) is 7.39. The maximum atomic E-state index is 13.6. The van der Waals surface area contributed by atoms with Gasteiger partial charge in [0, 0.05) is 38.9 Å². The lowest BCUT2D eigenvalue weighted by molar-refractivity contribution is -0.138. The van der Waals surface area contributed by atoms with Crippen molar-refractivity contribution < 1.29 is 30.8 Å². The van der Waals surface area contributed by atoms with E-state index in [1.165, 1.54) is 17.2 Å². The molecule has 0 atom stereocenters. The molecule has 2 aliphatic rings. The van der Waals surface area contributed by atoms with Crippen LogP contribution in [0.5, 0.6) is 0 Å². The quantitative estimate of drug-likeness (QED) is 0.501. The lowest BCUT2D eigenvalue weighted by atomic mass is 10.0. The van der Waals surface area contributed by atoms with Crippen LogP contribution in [0.2, 0.25) is 0 Å². The van der Waals surface area contributed by atoms with Crippen LogP contribution in [-0.2, 0) is 16.2 Å². The van der Waals surface area contributed by atoms with Gasteiger partial charge in [-0.1, -0.05) is 12.8 Å². The molecule has 2 fully saturated rings. The Hall–Kier alpha value is -2.25. The molecule has 1 aliphatic carbocycles. The predicted octanol–water partition coefficient (Wildman–Crippen LogP) is 4.04. The Balaban J connectivity index is 1.42. The van der Waals surface area contributed by atoms with Gasteiger partial charge < -0.3 is 9.80 Å². The molecule has 2 heterocycles. The zero-order chi connectivity index (χ0) is 25.4. The largest absolute Gasteiger partial charge is 0.417 e. The van der Waals surface area contributed by atoms with Gasteiger partial charge in [-0.05, 0) is 52.5 Å². The number of amides is 1. The standard InChI is InChI=1S/C22H23BrF4N4O3S/c23-19-12-16(35(33,34)29-6-5-14-1-2-14)13-28-20(19)30-7-9-31(10-8-30)21(32)17-11-15(24)3-4-18(17)22(25,26)27/h3-4,11-14,29H,1-2,5-10H2. The summed E-state index contributed by atoms with van der Waals surface area (Å²) in [6, 6.07) is 3.29. The molecule has 1 saturated carbocycles. The number of hydrogen-bond acceptors (Lipinski definition) is 5. The average molecular weight is 579 g/mol. The van der Waals surface area contributed by atoms with Gasteiger partial charge in [0.05, 0.1) is 15.6 Å². The molecular weight excluding hydrogens is 556 g/mol. The summed E-state index contributed by atoms with van der Waals surface area (Å²) in [5.41, 5.74) is -1.91. The molecule has 1 N–H and O–H groups in total. The van der Waals surface area contributed by atoms with E-state index in [-0.39, 0.29) is 31.1 Å². The van der Waals surface area contributed by atoms with Crippen LogP contribution in [-0.4, -0.2) is 56.9 Å². The number of rotatable bonds is 7. The van der Waals surface area contributed by atoms with Crippen LogP contribution < -0.4 is 9.62 Å². The van der Waals surface area contributed by atoms with E-state index in [9.17, 15) is 30.8 Å². The highest BCUT2D eigenvalue weighted by Crippen LogP contribution is 2.34. The van der Waals surface area contributed by atoms with E-state index < -0.39 is 39.1 Å². The topological polar surface area (TPSA) is 82.6 Å². The summed E-state index contributed by atoms with van der Waals surface area (Å²) >= 11 is 3.35. The minimum Gasteiger partial charge on any atom is -0.352 e. The van der Waals surface area contributed by atoms with Crippen molar-refractivity contribution in [1.29, 1.82) is 0 Å². The smallest absolute Gasteiger partial charge is 0.352 e. The van der Waals surface area contributed by atoms with Crippen LogP contribution >= 0.6 is 15.9 Å². The van der Waals surface area contributed by atoms with E-state index in [0.717, 1.165) is 19.3 Å². The molecule has 13 heteroatoms. The molecule has 0 unspecified atom stereocenters. The third kappa shape index (κ3) is 6.12. The summed E-state index contributed by atoms with van der Waals surface area (Å²) in [4.78, 5) is 20.1. The number of nitrogens with one attached hydrogen (secondary N) is 1. The summed E-state index contributed by atoms with van der Waals surface area (Å²) in [6.07, 6.45) is -0.471. The van der Waals surface area contributed by atoms with Crippen molar-refractivity contribution in [3.8, 4) is 0 Å². The van der Waals surface area contributed by atoms with E-state index in [2.05, 4.69) is 25.6 Å². The van der Waals surface area contributed by atoms with E-state index in [0.29, 0.717) is 41.0 Å². The Morgan fingerprint density at radius 2 is 1.83 bits per heavy atom. The number of anilines is 1. The lowest BCUT2D eigenvalue weighted by Crippen LogP contribution is -2.49. The first-order valence-electron chi connectivity index (χ1n) is 11.0. The minimum absolute atomic E-state index is 0.0171. The monoisotopic (exact) mass is 578 g/mol. The molecular formula is C22H23BrF4N4O3S. The maximum absolute atomic E-state index is 13.6. The highest BCUT2D eigenvalue weighted by atomic mass is 79.9. The van der Waals surface area contributed by atoms with E-state index >= 15 is 0 Å². The molecule has 0 bridgehead atoms. The number of hydrogen-bond donors (Lipinski definition) is 1. The van der Waals surface area contributed by atoms with Crippen molar-refractivity contribution in [3.05, 3.63) is 51.9 Å². The summed E-state index contributed by atoms with van der Waals surface area (Å²) in [6.45, 7) is 1.04. The van der Waals surface area contributed by atoms with E-state index in [4.69, 9.17) is 0 Å². The molecule has 1 saturated heterocycles. The number of sulfonamides is 1. The average Bonchev–Trinajstić information content (AvgIpc) is 3.62. The Morgan fingerprint density at radius 1 is 1.14 bits per heavy atom. The number of piperazine rings is 1. The SMILES string of the molecule is O=C(c1cc(F)ccc1C(F)(F)F)N1CCN(c2ncc(S(=O)(=O)NCCC3CC3)cc2Br)CC1. The fourth-order valence-corrected chi connectivity index (χ4v) is 5.68. The van der Waals surface area contributed by atoms with Crippen molar-refractivity contribution in [2.75, 3.05) is 37.6 Å². The fourth-order valence-electron chi connectivity index (χ4n) is 3.91. The van der Waals surface area contributed by atoms with Gasteiger partial charge in [-0.2, -0.15) is 13.2 Å². The third-order valence-corrected chi connectivity index (χ3v) is 8.04. The molecule has 1 aromatic carbocycles. The number of alkyl halides is 3. The van der Waals surface area contributed by atoms with Crippen LogP contribution in [0.25, 0.3) is 0 Å². The Morgan fingerprint density at radius 3 is 2.43 bits per heavy atom.